The lowest BCUT2D eigenvalue weighted by atomic mass is 9.33. The third-order valence-electron chi connectivity index (χ3n) is 16.7. The van der Waals surface area contributed by atoms with Crippen LogP contribution in [0.3, 0.4) is 0 Å². The van der Waals surface area contributed by atoms with Crippen LogP contribution < -0.4 is 5.73 Å². The van der Waals surface area contributed by atoms with Gasteiger partial charge in [-0.15, -0.1) is 0 Å². The molecule has 0 unspecified atom stereocenters. The molecule has 2 N–H and O–H groups in total. The van der Waals surface area contributed by atoms with Crippen LogP contribution in [-0.4, -0.2) is 29.4 Å². The molecule has 0 saturated heterocycles. The largest absolute Gasteiger partial charge is 0.462 e. The van der Waals surface area contributed by atoms with E-state index in [4.69, 9.17) is 15.2 Å². The van der Waals surface area contributed by atoms with Gasteiger partial charge in [0.1, 0.15) is 12.7 Å². The number of fused-ring (bicyclic) bond motifs is 7. The van der Waals surface area contributed by atoms with E-state index in [-0.39, 0.29) is 64.1 Å². The Hall–Kier alpha value is -2.47. The fraction of sp³-hybridized carbons (Fsp3) is 0.750. The number of esters is 2. The van der Waals surface area contributed by atoms with Crippen LogP contribution in [0, 0.1) is 62.6 Å². The topological polar surface area (TPSA) is 95.7 Å². The van der Waals surface area contributed by atoms with Gasteiger partial charge in [0.25, 0.3) is 0 Å². The van der Waals surface area contributed by atoms with Gasteiger partial charge in [0.2, 0.25) is 0 Å². The van der Waals surface area contributed by atoms with Gasteiger partial charge in [0, 0.05) is 17.4 Å². The van der Waals surface area contributed by atoms with E-state index in [0.717, 1.165) is 56.1 Å². The van der Waals surface area contributed by atoms with E-state index < -0.39 is 11.0 Å². The number of hydrogen-bond acceptors (Lipinski definition) is 6. The van der Waals surface area contributed by atoms with Crippen LogP contribution in [-0.2, 0) is 30.5 Å². The number of Topliss-reactive ketones (excluding diaryl/α,β-unsaturated/α-hetero) is 1. The molecule has 0 aliphatic heterocycles. The lowest BCUT2D eigenvalue weighted by Gasteiger charge is -2.72. The van der Waals surface area contributed by atoms with Gasteiger partial charge in [-0.1, -0.05) is 92.6 Å². The predicted octanol–water partition coefficient (Wildman–Crippen LogP) is 9.00. The van der Waals surface area contributed by atoms with Crippen LogP contribution in [0.15, 0.2) is 41.5 Å². The van der Waals surface area contributed by atoms with Crippen LogP contribution in [0.2, 0.25) is 0 Å². The summed E-state index contributed by atoms with van der Waals surface area (Å²) in [5, 5.41) is 0. The van der Waals surface area contributed by atoms with E-state index in [0.29, 0.717) is 36.4 Å². The summed E-state index contributed by atoms with van der Waals surface area (Å²) in [6, 6.07) is 9.73. The molecule has 5 saturated carbocycles. The molecular formula is C44H63NO5. The molecule has 7 rings (SSSR count). The minimum atomic E-state index is -0.505. The number of ketones is 1. The maximum atomic E-state index is 13.9. The number of nitrogens with two attached hydrogens (primary N) is 1. The number of benzene rings is 1. The summed E-state index contributed by atoms with van der Waals surface area (Å²) in [6.07, 6.45) is 9.33. The molecule has 10 atom stereocenters. The maximum absolute atomic E-state index is 13.9. The molecule has 1 aromatic rings. The minimum Gasteiger partial charge on any atom is -0.462 e. The van der Waals surface area contributed by atoms with Crippen LogP contribution in [0.5, 0.6) is 0 Å². The van der Waals surface area contributed by atoms with Crippen molar-refractivity contribution >= 4 is 17.7 Å². The molecule has 1 aromatic carbocycles. The van der Waals surface area contributed by atoms with Crippen LogP contribution in [0.1, 0.15) is 132 Å². The molecule has 0 aromatic heterocycles. The summed E-state index contributed by atoms with van der Waals surface area (Å²) in [7, 11) is 0. The molecule has 0 amide bonds. The van der Waals surface area contributed by atoms with E-state index in [2.05, 4.69) is 48.5 Å². The quantitative estimate of drug-likeness (QED) is 0.301. The first-order valence-electron chi connectivity index (χ1n) is 19.8. The van der Waals surface area contributed by atoms with Crippen molar-refractivity contribution in [3.05, 3.63) is 47.0 Å². The zero-order valence-corrected chi connectivity index (χ0v) is 32.3. The van der Waals surface area contributed by atoms with Crippen molar-refractivity contribution in [2.75, 3.05) is 0 Å². The van der Waals surface area contributed by atoms with Gasteiger partial charge in [-0.2, -0.15) is 0 Å². The van der Waals surface area contributed by atoms with Crippen molar-refractivity contribution in [3.8, 4) is 0 Å². The van der Waals surface area contributed by atoms with Gasteiger partial charge in [-0.25, -0.2) is 0 Å². The van der Waals surface area contributed by atoms with Crippen molar-refractivity contribution in [2.45, 2.75) is 145 Å². The highest BCUT2D eigenvalue weighted by Gasteiger charge is 2.70. The number of carbonyl (C=O) groups excluding carboxylic acids is 3. The molecule has 274 valence electrons. The Morgan fingerprint density at radius 2 is 1.48 bits per heavy atom. The normalized spacial score (nSPS) is 42.8. The highest BCUT2D eigenvalue weighted by atomic mass is 16.5. The summed E-state index contributed by atoms with van der Waals surface area (Å²) in [4.78, 5) is 40.3. The maximum Gasteiger partial charge on any atom is 0.309 e. The molecule has 5 fully saturated rings. The second kappa shape index (κ2) is 11.8. The lowest BCUT2D eigenvalue weighted by molar-refractivity contribution is -0.235. The number of carbonyl (C=O) groups is 3. The van der Waals surface area contributed by atoms with Crippen molar-refractivity contribution in [1.82, 2.24) is 0 Å². The van der Waals surface area contributed by atoms with Crippen molar-refractivity contribution in [1.29, 1.82) is 0 Å². The molecule has 6 aliphatic rings. The van der Waals surface area contributed by atoms with Gasteiger partial charge < -0.3 is 15.2 Å². The summed E-state index contributed by atoms with van der Waals surface area (Å²) < 4.78 is 12.2. The molecule has 0 bridgehead atoms. The lowest BCUT2D eigenvalue weighted by Crippen LogP contribution is -2.67. The molecular weight excluding hydrogens is 622 g/mol. The van der Waals surface area contributed by atoms with E-state index in [1.807, 2.05) is 44.2 Å². The highest BCUT2D eigenvalue weighted by Crippen LogP contribution is 2.75. The summed E-state index contributed by atoms with van der Waals surface area (Å²) >= 11 is 0. The first-order valence-corrected chi connectivity index (χ1v) is 19.8. The number of rotatable bonds is 6. The average Bonchev–Trinajstić information content (AvgIpc) is 3.32. The van der Waals surface area contributed by atoms with Crippen LogP contribution in [0.4, 0.5) is 0 Å². The van der Waals surface area contributed by atoms with Gasteiger partial charge in [-0.05, 0) is 120 Å². The fourth-order valence-electron chi connectivity index (χ4n) is 13.6. The zero-order chi connectivity index (χ0) is 36.2. The molecule has 6 heteroatoms. The summed E-state index contributed by atoms with van der Waals surface area (Å²) in [6.45, 7) is 21.1. The monoisotopic (exact) mass is 685 g/mol. The Kier molecular flexibility index (Phi) is 8.45. The summed E-state index contributed by atoms with van der Waals surface area (Å²) in [5.74, 6) is 0.923. The molecule has 50 heavy (non-hydrogen) atoms. The SMILES string of the molecule is CC(C)C1=C2[C@H]3CC[C@@H]4[C@@]5(C)CC[C@H](OC(=O)[C@H]6C[C@@H](C(=O)OCc7ccccc7)C6(C)C)C(C)(C)[C@@H]5CC[C@@]4(C)[C@]3(C)CC[C@@]2(N)CC1=O. The smallest absolute Gasteiger partial charge is 0.309 e. The summed E-state index contributed by atoms with van der Waals surface area (Å²) in [5.41, 5.74) is 9.79. The van der Waals surface area contributed by atoms with Crippen molar-refractivity contribution < 1.29 is 23.9 Å². The van der Waals surface area contributed by atoms with Crippen LogP contribution >= 0.6 is 0 Å². The first kappa shape index (κ1) is 35.9. The number of ether oxygens (including phenoxy) is 2. The van der Waals surface area contributed by atoms with Gasteiger partial charge >= 0.3 is 11.9 Å². The highest BCUT2D eigenvalue weighted by molar-refractivity contribution is 6.01. The number of hydrogen-bond donors (Lipinski definition) is 1. The van der Waals surface area contributed by atoms with Crippen molar-refractivity contribution in [3.63, 3.8) is 0 Å². The third-order valence-corrected chi connectivity index (χ3v) is 16.7. The Balaban J connectivity index is 1.05. The van der Waals surface area contributed by atoms with Gasteiger partial charge in [0.15, 0.2) is 5.78 Å². The second-order valence-corrected chi connectivity index (χ2v) is 19.9. The predicted molar refractivity (Wildman–Crippen MR) is 195 cm³/mol. The molecule has 6 aliphatic carbocycles. The van der Waals surface area contributed by atoms with E-state index >= 15 is 0 Å². The second-order valence-electron chi connectivity index (χ2n) is 19.9. The van der Waals surface area contributed by atoms with Gasteiger partial charge in [-0.3, -0.25) is 14.4 Å². The van der Waals surface area contributed by atoms with E-state index in [1.54, 1.807) is 0 Å². The Bertz CT molecular complexity index is 1590. The van der Waals surface area contributed by atoms with E-state index in [9.17, 15) is 14.4 Å². The fourth-order valence-corrected chi connectivity index (χ4v) is 13.6. The molecule has 0 spiro atoms. The molecule has 6 nitrogen and oxygen atoms in total. The number of allylic oxidation sites excluding steroid dienone is 1. The zero-order valence-electron chi connectivity index (χ0n) is 32.3. The Morgan fingerprint density at radius 1 is 0.800 bits per heavy atom. The Morgan fingerprint density at radius 3 is 2.14 bits per heavy atom. The van der Waals surface area contributed by atoms with Gasteiger partial charge in [0.05, 0.1) is 11.8 Å². The average molecular weight is 686 g/mol. The first-order chi connectivity index (χ1) is 23.3. The Labute approximate surface area is 301 Å². The molecule has 0 heterocycles. The van der Waals surface area contributed by atoms with E-state index in [1.165, 1.54) is 12.0 Å². The van der Waals surface area contributed by atoms with Crippen molar-refractivity contribution in [2.24, 2.45) is 68.3 Å². The molecule has 0 radical (unpaired) electrons. The minimum absolute atomic E-state index is 0.106. The van der Waals surface area contributed by atoms with Crippen LogP contribution in [0.25, 0.3) is 0 Å². The standard InChI is InChI=1S/C44H63NO5/c1-26(2)35-31(46)24-44(45)22-21-42(8)28(36(35)44)15-16-33-41(7)19-18-34(40(5,6)32(41)17-20-43(33,42)9)50-38(48)30-23-29(39(30,3)4)37(47)49-25-27-13-11-10-12-14-27/h10-14,26,28-30,32-34H,15-25,45H2,1-9H3/t28-,29+,30-,32+,33-,34+,41+,42-,43-,44-/m1/s1. The third kappa shape index (κ3) is 4.99.